The predicted molar refractivity (Wildman–Crippen MR) is 136 cm³/mol. The molecule has 2 N–H and O–H groups in total. The summed E-state index contributed by atoms with van der Waals surface area (Å²) in [6.45, 7) is 7.06. The number of nitrogens with one attached hydrogen (secondary N) is 2. The first-order chi connectivity index (χ1) is 17.5. The summed E-state index contributed by atoms with van der Waals surface area (Å²) in [6.07, 6.45) is 3.20. The van der Waals surface area contributed by atoms with Gasteiger partial charge in [-0.1, -0.05) is 6.58 Å². The van der Waals surface area contributed by atoms with Crippen molar-refractivity contribution in [3.63, 3.8) is 0 Å². The van der Waals surface area contributed by atoms with Gasteiger partial charge in [-0.05, 0) is 50.3 Å². The van der Waals surface area contributed by atoms with Gasteiger partial charge in [0.25, 0.3) is 10.0 Å². The summed E-state index contributed by atoms with van der Waals surface area (Å²) in [6, 6.07) is 7.06. The van der Waals surface area contributed by atoms with Gasteiger partial charge in [-0.15, -0.1) is 0 Å². The SMILES string of the molecule is C=CS(=O)(=O)Nc1ccc(Oc2ccc(F)cc2F)c(-n2cc(C)c(=O)c3c2C=C(C(=O)NCC)C3)c1. The van der Waals surface area contributed by atoms with E-state index in [2.05, 4.69) is 16.6 Å². The second-order valence-electron chi connectivity index (χ2n) is 8.25. The van der Waals surface area contributed by atoms with Crippen LogP contribution in [0, 0.1) is 18.6 Å². The van der Waals surface area contributed by atoms with Crippen LogP contribution in [0.4, 0.5) is 14.5 Å². The third-order valence-electron chi connectivity index (χ3n) is 5.64. The Bertz CT molecular complexity index is 1630. The molecule has 0 aliphatic heterocycles. The normalized spacial score (nSPS) is 12.5. The zero-order valence-electron chi connectivity index (χ0n) is 20.0. The highest BCUT2D eigenvalue weighted by molar-refractivity contribution is 7.95. The van der Waals surface area contributed by atoms with Crippen molar-refractivity contribution in [3.8, 4) is 17.2 Å². The zero-order valence-corrected chi connectivity index (χ0v) is 20.8. The van der Waals surface area contributed by atoms with E-state index in [9.17, 15) is 26.8 Å². The molecule has 1 amide bonds. The van der Waals surface area contributed by atoms with Gasteiger partial charge in [-0.25, -0.2) is 17.2 Å². The Hall–Kier alpha value is -4.25. The number of amides is 1. The van der Waals surface area contributed by atoms with Gasteiger partial charge in [0.1, 0.15) is 5.82 Å². The molecule has 11 heteroatoms. The smallest absolute Gasteiger partial charge is 0.254 e. The molecule has 0 radical (unpaired) electrons. The minimum Gasteiger partial charge on any atom is -0.452 e. The number of aryl methyl sites for hydroxylation is 1. The van der Waals surface area contributed by atoms with Crippen LogP contribution in [0.1, 0.15) is 23.7 Å². The molecule has 1 aromatic heterocycles. The number of likely N-dealkylation sites (N-methyl/N-ethyl adjacent to an activating group) is 1. The fourth-order valence-electron chi connectivity index (χ4n) is 3.91. The lowest BCUT2D eigenvalue weighted by Gasteiger charge is -2.19. The summed E-state index contributed by atoms with van der Waals surface area (Å²) >= 11 is 0. The van der Waals surface area contributed by atoms with Gasteiger partial charge in [0.05, 0.1) is 17.1 Å². The molecule has 0 bridgehead atoms. The summed E-state index contributed by atoms with van der Waals surface area (Å²) in [4.78, 5) is 25.4. The van der Waals surface area contributed by atoms with Crippen LogP contribution in [-0.2, 0) is 21.2 Å². The molecule has 0 saturated carbocycles. The molecule has 0 fully saturated rings. The Kier molecular flexibility index (Phi) is 6.99. The number of aromatic nitrogens is 1. The Balaban J connectivity index is 1.93. The van der Waals surface area contributed by atoms with E-state index in [1.54, 1.807) is 24.5 Å². The number of ether oxygens (including phenoxy) is 1. The number of pyridine rings is 1. The molecule has 8 nitrogen and oxygen atoms in total. The fraction of sp³-hybridized carbons (Fsp3) is 0.154. The average Bonchev–Trinajstić information content (AvgIpc) is 3.30. The van der Waals surface area contributed by atoms with Crippen LogP contribution >= 0.6 is 0 Å². The van der Waals surface area contributed by atoms with Crippen LogP contribution < -0.4 is 20.2 Å². The first-order valence-corrected chi connectivity index (χ1v) is 12.7. The first kappa shape index (κ1) is 25.8. The minimum atomic E-state index is -3.86. The number of sulfonamides is 1. The molecule has 4 rings (SSSR count). The Morgan fingerprint density at radius 3 is 2.59 bits per heavy atom. The van der Waals surface area contributed by atoms with Crippen LogP contribution in [-0.4, -0.2) is 25.4 Å². The van der Waals surface area contributed by atoms with E-state index in [-0.39, 0.29) is 40.6 Å². The van der Waals surface area contributed by atoms with Crippen LogP contribution in [0.15, 0.2) is 64.9 Å². The van der Waals surface area contributed by atoms with Gasteiger partial charge >= 0.3 is 0 Å². The van der Waals surface area contributed by atoms with Crippen molar-refractivity contribution in [1.82, 2.24) is 9.88 Å². The summed E-state index contributed by atoms with van der Waals surface area (Å²) in [5, 5.41) is 3.45. The second-order valence-corrected chi connectivity index (χ2v) is 9.88. The molecule has 0 unspecified atom stereocenters. The van der Waals surface area contributed by atoms with E-state index < -0.39 is 21.7 Å². The van der Waals surface area contributed by atoms with Crippen LogP contribution in [0.3, 0.4) is 0 Å². The summed E-state index contributed by atoms with van der Waals surface area (Å²) in [5.74, 6) is -2.23. The van der Waals surface area contributed by atoms with Gasteiger partial charge in [-0.3, -0.25) is 14.3 Å². The summed E-state index contributed by atoms with van der Waals surface area (Å²) in [7, 11) is -3.86. The molecule has 0 saturated heterocycles. The highest BCUT2D eigenvalue weighted by Gasteiger charge is 2.26. The van der Waals surface area contributed by atoms with Crippen LogP contribution in [0.25, 0.3) is 11.8 Å². The first-order valence-electron chi connectivity index (χ1n) is 11.2. The van der Waals surface area contributed by atoms with Crippen molar-refractivity contribution in [1.29, 1.82) is 0 Å². The number of halogens is 2. The standard InChI is InChI=1S/C26H23F2N3O5S/c1-4-29-26(33)16-10-19-21(11-16)31(14-15(3)25(19)32)22-13-18(30-37(34,35)5-2)7-9-24(22)36-23-8-6-17(27)12-20(23)28/h5-9,11-14,30H,2,4,10H2,1,3H3,(H,29,33). The van der Waals surface area contributed by atoms with Crippen molar-refractivity contribution in [3.05, 3.63) is 98.8 Å². The number of hydrogen-bond donors (Lipinski definition) is 2. The number of hydrogen-bond acceptors (Lipinski definition) is 5. The quantitative estimate of drug-likeness (QED) is 0.457. The van der Waals surface area contributed by atoms with Gasteiger partial charge in [-0.2, -0.15) is 0 Å². The van der Waals surface area contributed by atoms with Crippen molar-refractivity contribution < 1.29 is 26.7 Å². The molecule has 2 aromatic carbocycles. The topological polar surface area (TPSA) is 106 Å². The monoisotopic (exact) mass is 527 g/mol. The van der Waals surface area contributed by atoms with E-state index in [4.69, 9.17) is 4.74 Å². The van der Waals surface area contributed by atoms with Crippen LogP contribution in [0.2, 0.25) is 0 Å². The molecular formula is C26H23F2N3O5S. The number of anilines is 1. The van der Waals surface area contributed by atoms with Gasteiger partial charge in [0, 0.05) is 47.3 Å². The lowest BCUT2D eigenvalue weighted by atomic mass is 10.1. The number of fused-ring (bicyclic) bond motifs is 1. The largest absolute Gasteiger partial charge is 0.452 e. The number of benzene rings is 2. The molecule has 1 heterocycles. The maximum absolute atomic E-state index is 14.4. The maximum Gasteiger partial charge on any atom is 0.254 e. The van der Waals surface area contributed by atoms with E-state index in [0.29, 0.717) is 35.0 Å². The lowest BCUT2D eigenvalue weighted by Crippen LogP contribution is -2.25. The molecular weight excluding hydrogens is 504 g/mol. The van der Waals surface area contributed by atoms with Crippen LogP contribution in [0.5, 0.6) is 11.5 Å². The average molecular weight is 528 g/mol. The Morgan fingerprint density at radius 1 is 1.19 bits per heavy atom. The van der Waals surface area contributed by atoms with Crippen molar-refractivity contribution in [2.45, 2.75) is 20.3 Å². The Morgan fingerprint density at radius 2 is 1.92 bits per heavy atom. The molecule has 1 aliphatic carbocycles. The number of nitrogens with zero attached hydrogens (tertiary/aromatic N) is 1. The van der Waals surface area contributed by atoms with Crippen molar-refractivity contribution in [2.24, 2.45) is 0 Å². The molecule has 0 spiro atoms. The third kappa shape index (κ3) is 5.31. The van der Waals surface area contributed by atoms with Crippen molar-refractivity contribution >= 4 is 27.7 Å². The highest BCUT2D eigenvalue weighted by Crippen LogP contribution is 2.35. The summed E-state index contributed by atoms with van der Waals surface area (Å²) in [5.41, 5.74) is 1.64. The molecule has 0 atom stereocenters. The number of carbonyl (C=O) groups is 1. The van der Waals surface area contributed by atoms with Gasteiger partial charge in [0.2, 0.25) is 5.91 Å². The molecule has 1 aliphatic rings. The molecule has 3 aromatic rings. The van der Waals surface area contributed by atoms with E-state index in [1.165, 1.54) is 24.4 Å². The van der Waals surface area contributed by atoms with E-state index in [1.807, 2.05) is 0 Å². The summed E-state index contributed by atoms with van der Waals surface area (Å²) < 4.78 is 61.7. The molecule has 37 heavy (non-hydrogen) atoms. The number of rotatable bonds is 8. The lowest BCUT2D eigenvalue weighted by molar-refractivity contribution is -0.117. The van der Waals surface area contributed by atoms with E-state index >= 15 is 0 Å². The highest BCUT2D eigenvalue weighted by atomic mass is 32.2. The Labute approximate surface area is 212 Å². The van der Waals surface area contributed by atoms with E-state index in [0.717, 1.165) is 17.5 Å². The third-order valence-corrected chi connectivity index (χ3v) is 6.60. The van der Waals surface area contributed by atoms with Gasteiger partial charge < -0.3 is 14.6 Å². The predicted octanol–water partition coefficient (Wildman–Crippen LogP) is 4.18. The van der Waals surface area contributed by atoms with Crippen molar-refractivity contribution in [2.75, 3.05) is 11.3 Å². The number of carbonyl (C=O) groups excluding carboxylic acids is 1. The maximum atomic E-state index is 14.4. The minimum absolute atomic E-state index is 0.0807. The second kappa shape index (κ2) is 10.0. The molecule has 192 valence electrons. The zero-order chi connectivity index (χ0) is 26.9. The van der Waals surface area contributed by atoms with Gasteiger partial charge in [0.15, 0.2) is 22.7 Å². The fourth-order valence-corrected chi connectivity index (χ4v) is 4.45.